The number of hydrogen-bond acceptors (Lipinski definition) is 5. The minimum atomic E-state index is -3.45. The van der Waals surface area contributed by atoms with Crippen molar-refractivity contribution in [2.24, 2.45) is 0 Å². The third kappa shape index (κ3) is 4.53. The molecule has 0 saturated carbocycles. The zero-order chi connectivity index (χ0) is 16.2. The summed E-state index contributed by atoms with van der Waals surface area (Å²) in [6, 6.07) is 8.14. The van der Waals surface area contributed by atoms with E-state index in [0.717, 1.165) is 0 Å². The zero-order valence-electron chi connectivity index (χ0n) is 12.7. The molecule has 0 spiro atoms. The van der Waals surface area contributed by atoms with Crippen LogP contribution in [-0.4, -0.2) is 74.3 Å². The van der Waals surface area contributed by atoms with Gasteiger partial charge in [-0.25, -0.2) is 8.42 Å². The van der Waals surface area contributed by atoms with E-state index in [-0.39, 0.29) is 29.5 Å². The second kappa shape index (κ2) is 7.21. The molecule has 0 bridgehead atoms. The molecule has 0 aromatic heterocycles. The molecule has 1 fully saturated rings. The zero-order valence-corrected chi connectivity index (χ0v) is 13.5. The number of hydrogen-bond donors (Lipinski definition) is 1. The van der Waals surface area contributed by atoms with Crippen LogP contribution in [0.2, 0.25) is 0 Å². The Kier molecular flexibility index (Phi) is 5.55. The van der Waals surface area contributed by atoms with Gasteiger partial charge in [-0.05, 0) is 19.2 Å². The lowest BCUT2D eigenvalue weighted by atomic mass is 10.3. The first-order valence-corrected chi connectivity index (χ1v) is 8.96. The molecular weight excluding hydrogens is 304 g/mol. The van der Waals surface area contributed by atoms with E-state index in [9.17, 15) is 18.3 Å². The van der Waals surface area contributed by atoms with E-state index < -0.39 is 15.9 Å². The van der Waals surface area contributed by atoms with Gasteiger partial charge >= 0.3 is 0 Å². The Morgan fingerprint density at radius 1 is 1.23 bits per heavy atom. The summed E-state index contributed by atoms with van der Waals surface area (Å²) in [4.78, 5) is 16.0. The Morgan fingerprint density at radius 3 is 2.59 bits per heavy atom. The van der Waals surface area contributed by atoms with E-state index in [1.807, 2.05) is 11.9 Å². The van der Waals surface area contributed by atoms with Gasteiger partial charge in [0.25, 0.3) is 0 Å². The monoisotopic (exact) mass is 326 g/mol. The number of aliphatic hydroxyl groups is 1. The number of β-amino-alcohol motifs (C(OH)–C–C–N with tert-alkyl or cyclic N) is 1. The molecule has 2 rings (SSSR count). The molecule has 6 nitrogen and oxygen atoms in total. The molecule has 0 aliphatic carbocycles. The highest BCUT2D eigenvalue weighted by Crippen LogP contribution is 2.12. The molecule has 1 heterocycles. The smallest absolute Gasteiger partial charge is 0.223 e. The van der Waals surface area contributed by atoms with E-state index >= 15 is 0 Å². The Hall–Kier alpha value is -1.44. The number of carbonyl (C=O) groups excluding carboxylic acids is 1. The summed E-state index contributed by atoms with van der Waals surface area (Å²) in [5.74, 6) is -0.438. The molecule has 1 aliphatic rings. The topological polar surface area (TPSA) is 77.9 Å². The number of aliphatic hydroxyl groups excluding tert-OH is 1. The van der Waals surface area contributed by atoms with Crippen LogP contribution in [0.1, 0.15) is 6.42 Å². The average molecular weight is 326 g/mol. The summed E-state index contributed by atoms with van der Waals surface area (Å²) in [6.07, 6.45) is -0.657. The number of amides is 1. The van der Waals surface area contributed by atoms with Crippen LogP contribution in [0.15, 0.2) is 35.2 Å². The van der Waals surface area contributed by atoms with Gasteiger partial charge in [-0.15, -0.1) is 0 Å². The van der Waals surface area contributed by atoms with Crippen molar-refractivity contribution in [2.75, 3.05) is 39.0 Å². The van der Waals surface area contributed by atoms with Gasteiger partial charge in [-0.2, -0.15) is 0 Å². The molecule has 1 aromatic rings. The normalized spacial score (nSPS) is 20.6. The first kappa shape index (κ1) is 16.9. The summed E-state index contributed by atoms with van der Waals surface area (Å²) in [5.41, 5.74) is 0. The first-order valence-electron chi connectivity index (χ1n) is 7.30. The van der Waals surface area contributed by atoms with Gasteiger partial charge in [-0.1, -0.05) is 18.2 Å². The molecule has 0 radical (unpaired) electrons. The lowest BCUT2D eigenvalue weighted by Crippen LogP contribution is -2.38. The van der Waals surface area contributed by atoms with Crippen molar-refractivity contribution in [3.63, 3.8) is 0 Å². The average Bonchev–Trinajstić information content (AvgIpc) is 2.66. The van der Waals surface area contributed by atoms with E-state index in [2.05, 4.69) is 0 Å². The molecule has 1 aliphatic heterocycles. The van der Waals surface area contributed by atoms with Crippen LogP contribution in [0.5, 0.6) is 0 Å². The number of likely N-dealkylation sites (N-methyl/N-ethyl adjacent to an activating group) is 1. The Morgan fingerprint density at radius 2 is 1.91 bits per heavy atom. The molecule has 1 N–H and O–H groups in total. The minimum Gasteiger partial charge on any atom is -0.390 e. The van der Waals surface area contributed by atoms with Gasteiger partial charge in [0.05, 0.1) is 16.8 Å². The molecule has 0 unspecified atom stereocenters. The fourth-order valence-electron chi connectivity index (χ4n) is 2.50. The fourth-order valence-corrected chi connectivity index (χ4v) is 3.75. The van der Waals surface area contributed by atoms with Crippen molar-refractivity contribution in [2.45, 2.75) is 17.4 Å². The predicted molar refractivity (Wildman–Crippen MR) is 83.2 cm³/mol. The van der Waals surface area contributed by atoms with Gasteiger partial charge in [-0.3, -0.25) is 4.79 Å². The van der Waals surface area contributed by atoms with Crippen LogP contribution >= 0.6 is 0 Å². The Labute approximate surface area is 131 Å². The van der Waals surface area contributed by atoms with E-state index in [1.165, 1.54) is 12.1 Å². The summed E-state index contributed by atoms with van der Waals surface area (Å²) < 4.78 is 24.4. The predicted octanol–water partition coefficient (Wildman–Crippen LogP) is -0.0147. The number of sulfone groups is 1. The van der Waals surface area contributed by atoms with Gasteiger partial charge in [0, 0.05) is 32.6 Å². The molecule has 7 heteroatoms. The lowest BCUT2D eigenvalue weighted by molar-refractivity contribution is -0.131. The summed E-state index contributed by atoms with van der Waals surface area (Å²) in [7, 11) is -1.56. The van der Waals surface area contributed by atoms with Crippen LogP contribution < -0.4 is 0 Å². The first-order chi connectivity index (χ1) is 10.4. The standard InChI is InChI=1S/C15H22N2O4S/c1-16-8-9-17(12-13(18)11-16)15(19)7-10-22(20,21)14-5-3-2-4-6-14/h2-6,13,18H,7-12H2,1H3/t13-/m0/s1. The van der Waals surface area contributed by atoms with Crippen LogP contribution in [0.3, 0.4) is 0 Å². The molecule has 1 amide bonds. The summed E-state index contributed by atoms with van der Waals surface area (Å²) >= 11 is 0. The maximum absolute atomic E-state index is 12.2. The van der Waals surface area contributed by atoms with Crippen molar-refractivity contribution in [1.82, 2.24) is 9.80 Å². The maximum Gasteiger partial charge on any atom is 0.223 e. The fraction of sp³-hybridized carbons (Fsp3) is 0.533. The molecule has 1 aromatic carbocycles. The van der Waals surface area contributed by atoms with E-state index in [1.54, 1.807) is 23.1 Å². The molecular formula is C15H22N2O4S. The highest BCUT2D eigenvalue weighted by atomic mass is 32.2. The molecule has 122 valence electrons. The van der Waals surface area contributed by atoms with Gasteiger partial charge in [0.15, 0.2) is 9.84 Å². The molecule has 1 atom stereocenters. The highest BCUT2D eigenvalue weighted by molar-refractivity contribution is 7.91. The van der Waals surface area contributed by atoms with E-state index in [4.69, 9.17) is 0 Å². The van der Waals surface area contributed by atoms with Crippen LogP contribution in [0, 0.1) is 0 Å². The number of nitrogens with zero attached hydrogens (tertiary/aromatic N) is 2. The van der Waals surface area contributed by atoms with Crippen LogP contribution in [-0.2, 0) is 14.6 Å². The summed E-state index contributed by atoms with van der Waals surface area (Å²) in [5, 5.41) is 9.83. The van der Waals surface area contributed by atoms with Crippen molar-refractivity contribution in [3.8, 4) is 0 Å². The van der Waals surface area contributed by atoms with Crippen LogP contribution in [0.4, 0.5) is 0 Å². The van der Waals surface area contributed by atoms with Crippen molar-refractivity contribution >= 4 is 15.7 Å². The Bertz CT molecular complexity index is 603. The SMILES string of the molecule is CN1CCN(C(=O)CCS(=O)(=O)c2ccccc2)C[C@@H](O)C1. The van der Waals surface area contributed by atoms with E-state index in [0.29, 0.717) is 19.6 Å². The van der Waals surface area contributed by atoms with Crippen molar-refractivity contribution < 1.29 is 18.3 Å². The molecule has 1 saturated heterocycles. The quantitative estimate of drug-likeness (QED) is 0.842. The second-order valence-corrected chi connectivity index (χ2v) is 7.75. The summed E-state index contributed by atoms with van der Waals surface area (Å²) in [6.45, 7) is 1.96. The molecule has 22 heavy (non-hydrogen) atoms. The minimum absolute atomic E-state index is 0.0618. The maximum atomic E-state index is 12.2. The largest absolute Gasteiger partial charge is 0.390 e. The number of rotatable bonds is 4. The van der Waals surface area contributed by atoms with Gasteiger partial charge in [0.1, 0.15) is 0 Å². The lowest BCUT2D eigenvalue weighted by Gasteiger charge is -2.21. The van der Waals surface area contributed by atoms with Crippen molar-refractivity contribution in [1.29, 1.82) is 0 Å². The van der Waals surface area contributed by atoms with Crippen LogP contribution in [0.25, 0.3) is 0 Å². The highest BCUT2D eigenvalue weighted by Gasteiger charge is 2.24. The Balaban J connectivity index is 1.95. The second-order valence-electron chi connectivity index (χ2n) is 5.64. The third-order valence-electron chi connectivity index (χ3n) is 3.74. The number of benzene rings is 1. The third-order valence-corrected chi connectivity index (χ3v) is 5.48. The number of carbonyl (C=O) groups is 1. The van der Waals surface area contributed by atoms with Crippen molar-refractivity contribution in [3.05, 3.63) is 30.3 Å². The van der Waals surface area contributed by atoms with Gasteiger partial charge in [0.2, 0.25) is 5.91 Å². The van der Waals surface area contributed by atoms with Gasteiger partial charge < -0.3 is 14.9 Å².